The van der Waals surface area contributed by atoms with Crippen molar-refractivity contribution in [2.75, 3.05) is 27.2 Å². The predicted molar refractivity (Wildman–Crippen MR) is 76.8 cm³/mol. The number of likely N-dealkylation sites (N-methyl/N-ethyl adjacent to an activating group) is 2. The summed E-state index contributed by atoms with van der Waals surface area (Å²) in [4.78, 5) is 16.6. The SMILES string of the molecule is CN1CCCC(N(C)C(=O)c2ccccc2Br)C1. The summed E-state index contributed by atoms with van der Waals surface area (Å²) in [5.41, 5.74) is 0.744. The Morgan fingerprint density at radius 2 is 2.17 bits per heavy atom. The summed E-state index contributed by atoms with van der Waals surface area (Å²) in [6.45, 7) is 2.10. The molecule has 1 aromatic carbocycles. The first-order valence-electron chi connectivity index (χ1n) is 6.30. The van der Waals surface area contributed by atoms with Gasteiger partial charge in [0.15, 0.2) is 0 Å². The van der Waals surface area contributed by atoms with Crippen LogP contribution < -0.4 is 0 Å². The fraction of sp³-hybridized carbons (Fsp3) is 0.500. The second kappa shape index (κ2) is 5.85. The zero-order valence-electron chi connectivity index (χ0n) is 10.9. The molecule has 0 aliphatic carbocycles. The highest BCUT2D eigenvalue weighted by molar-refractivity contribution is 9.10. The van der Waals surface area contributed by atoms with Crippen LogP contribution in [0.2, 0.25) is 0 Å². The number of nitrogens with zero attached hydrogens (tertiary/aromatic N) is 2. The van der Waals surface area contributed by atoms with Gasteiger partial charge in [0, 0.05) is 24.1 Å². The van der Waals surface area contributed by atoms with E-state index in [0.29, 0.717) is 6.04 Å². The van der Waals surface area contributed by atoms with E-state index < -0.39 is 0 Å². The second-order valence-electron chi connectivity index (χ2n) is 4.95. The van der Waals surface area contributed by atoms with Crippen molar-refractivity contribution in [3.05, 3.63) is 34.3 Å². The van der Waals surface area contributed by atoms with Crippen molar-refractivity contribution in [3.63, 3.8) is 0 Å². The average Bonchev–Trinajstić information content (AvgIpc) is 2.37. The van der Waals surface area contributed by atoms with E-state index in [2.05, 4.69) is 27.9 Å². The van der Waals surface area contributed by atoms with E-state index in [4.69, 9.17) is 0 Å². The van der Waals surface area contributed by atoms with Gasteiger partial charge in [0.2, 0.25) is 0 Å². The number of hydrogen-bond acceptors (Lipinski definition) is 2. The Morgan fingerprint density at radius 3 is 2.83 bits per heavy atom. The molecule has 3 nitrogen and oxygen atoms in total. The number of piperidine rings is 1. The van der Waals surface area contributed by atoms with E-state index >= 15 is 0 Å². The minimum Gasteiger partial charge on any atom is -0.337 e. The van der Waals surface area contributed by atoms with Crippen molar-refractivity contribution in [1.82, 2.24) is 9.80 Å². The Morgan fingerprint density at radius 1 is 1.44 bits per heavy atom. The molecule has 18 heavy (non-hydrogen) atoms. The normalized spacial score (nSPS) is 20.7. The van der Waals surface area contributed by atoms with Gasteiger partial charge in [-0.1, -0.05) is 12.1 Å². The number of halogens is 1. The molecular weight excluding hydrogens is 292 g/mol. The quantitative estimate of drug-likeness (QED) is 0.838. The monoisotopic (exact) mass is 310 g/mol. The number of carbonyl (C=O) groups is 1. The van der Waals surface area contributed by atoms with Gasteiger partial charge in [-0.2, -0.15) is 0 Å². The average molecular weight is 311 g/mol. The van der Waals surface area contributed by atoms with Gasteiger partial charge in [-0.25, -0.2) is 0 Å². The Balaban J connectivity index is 2.11. The number of likely N-dealkylation sites (tertiary alicyclic amines) is 1. The maximum atomic E-state index is 12.4. The van der Waals surface area contributed by atoms with Crippen LogP contribution >= 0.6 is 15.9 Å². The molecule has 0 N–H and O–H groups in total. The van der Waals surface area contributed by atoms with E-state index in [0.717, 1.165) is 36.0 Å². The maximum Gasteiger partial charge on any atom is 0.255 e. The number of amides is 1. The van der Waals surface area contributed by atoms with E-state index in [1.165, 1.54) is 0 Å². The summed E-state index contributed by atoms with van der Waals surface area (Å²) in [7, 11) is 4.02. The van der Waals surface area contributed by atoms with Gasteiger partial charge in [-0.05, 0) is 54.5 Å². The largest absolute Gasteiger partial charge is 0.337 e. The van der Waals surface area contributed by atoms with Crippen LogP contribution in [-0.2, 0) is 0 Å². The lowest BCUT2D eigenvalue weighted by Gasteiger charge is -2.36. The molecule has 1 atom stereocenters. The van der Waals surface area contributed by atoms with Crippen molar-refractivity contribution in [3.8, 4) is 0 Å². The molecule has 98 valence electrons. The van der Waals surface area contributed by atoms with Crippen LogP contribution in [0.25, 0.3) is 0 Å². The van der Waals surface area contributed by atoms with Crippen LogP contribution in [0.4, 0.5) is 0 Å². The van der Waals surface area contributed by atoms with E-state index in [1.807, 2.05) is 36.2 Å². The molecule has 0 aromatic heterocycles. The topological polar surface area (TPSA) is 23.6 Å². The molecule has 2 rings (SSSR count). The van der Waals surface area contributed by atoms with Gasteiger partial charge >= 0.3 is 0 Å². The highest BCUT2D eigenvalue weighted by Gasteiger charge is 2.25. The Kier molecular flexibility index (Phi) is 4.40. The first-order valence-corrected chi connectivity index (χ1v) is 7.09. The summed E-state index contributed by atoms with van der Waals surface area (Å²) in [6, 6.07) is 7.93. The summed E-state index contributed by atoms with van der Waals surface area (Å²) in [5.74, 6) is 0.0998. The van der Waals surface area contributed by atoms with Gasteiger partial charge < -0.3 is 9.80 Å². The molecule has 1 amide bonds. The van der Waals surface area contributed by atoms with Crippen molar-refractivity contribution < 1.29 is 4.79 Å². The molecular formula is C14H19BrN2O. The summed E-state index contributed by atoms with van der Waals surface area (Å²) in [5, 5.41) is 0. The lowest BCUT2D eigenvalue weighted by atomic mass is 10.0. The van der Waals surface area contributed by atoms with Crippen molar-refractivity contribution in [1.29, 1.82) is 0 Å². The Hall–Kier alpha value is -0.870. The van der Waals surface area contributed by atoms with Crippen LogP contribution in [0.5, 0.6) is 0 Å². The minimum absolute atomic E-state index is 0.0998. The third-order valence-electron chi connectivity index (χ3n) is 3.57. The van der Waals surface area contributed by atoms with Gasteiger partial charge in [-0.15, -0.1) is 0 Å². The molecule has 1 saturated heterocycles. The molecule has 0 saturated carbocycles. The van der Waals surface area contributed by atoms with Gasteiger partial charge in [0.1, 0.15) is 0 Å². The number of carbonyl (C=O) groups excluding carboxylic acids is 1. The highest BCUT2D eigenvalue weighted by Crippen LogP contribution is 2.20. The first-order chi connectivity index (χ1) is 8.59. The molecule has 0 bridgehead atoms. The van der Waals surface area contributed by atoms with Gasteiger partial charge in [0.25, 0.3) is 5.91 Å². The molecule has 0 radical (unpaired) electrons. The number of rotatable bonds is 2. The maximum absolute atomic E-state index is 12.4. The molecule has 1 unspecified atom stereocenters. The molecule has 4 heteroatoms. The number of hydrogen-bond donors (Lipinski definition) is 0. The molecule has 1 aromatic rings. The van der Waals surface area contributed by atoms with Gasteiger partial charge in [0.05, 0.1) is 5.56 Å². The summed E-state index contributed by atoms with van der Waals surface area (Å²) >= 11 is 3.44. The fourth-order valence-corrected chi connectivity index (χ4v) is 2.90. The van der Waals surface area contributed by atoms with E-state index in [1.54, 1.807) is 0 Å². The Labute approximate surface area is 117 Å². The summed E-state index contributed by atoms with van der Waals surface area (Å²) in [6.07, 6.45) is 2.26. The predicted octanol–water partition coefficient (Wildman–Crippen LogP) is 2.62. The highest BCUT2D eigenvalue weighted by atomic mass is 79.9. The zero-order chi connectivity index (χ0) is 13.1. The molecule has 1 heterocycles. The van der Waals surface area contributed by atoms with Gasteiger partial charge in [-0.3, -0.25) is 4.79 Å². The molecule has 1 fully saturated rings. The van der Waals surface area contributed by atoms with Crippen LogP contribution in [0.15, 0.2) is 28.7 Å². The van der Waals surface area contributed by atoms with Crippen LogP contribution in [-0.4, -0.2) is 48.9 Å². The third-order valence-corrected chi connectivity index (χ3v) is 4.26. The lowest BCUT2D eigenvalue weighted by molar-refractivity contribution is 0.0643. The van der Waals surface area contributed by atoms with Crippen LogP contribution in [0.3, 0.4) is 0 Å². The van der Waals surface area contributed by atoms with Crippen molar-refractivity contribution in [2.45, 2.75) is 18.9 Å². The fourth-order valence-electron chi connectivity index (χ4n) is 2.45. The lowest BCUT2D eigenvalue weighted by Crippen LogP contribution is -2.47. The second-order valence-corrected chi connectivity index (χ2v) is 5.81. The molecule has 1 aliphatic rings. The zero-order valence-corrected chi connectivity index (χ0v) is 12.5. The Bertz CT molecular complexity index is 436. The van der Waals surface area contributed by atoms with Crippen LogP contribution in [0.1, 0.15) is 23.2 Å². The summed E-state index contributed by atoms with van der Waals surface area (Å²) < 4.78 is 0.867. The van der Waals surface area contributed by atoms with E-state index in [9.17, 15) is 4.79 Å². The first kappa shape index (κ1) is 13.6. The third kappa shape index (κ3) is 2.93. The van der Waals surface area contributed by atoms with E-state index in [-0.39, 0.29) is 5.91 Å². The van der Waals surface area contributed by atoms with Crippen molar-refractivity contribution in [2.24, 2.45) is 0 Å². The minimum atomic E-state index is 0.0998. The smallest absolute Gasteiger partial charge is 0.255 e. The van der Waals surface area contributed by atoms with Crippen LogP contribution in [0, 0.1) is 0 Å². The molecule has 0 spiro atoms. The number of benzene rings is 1. The van der Waals surface area contributed by atoms with Crippen molar-refractivity contribution >= 4 is 21.8 Å². The standard InChI is InChI=1S/C14H19BrN2O/c1-16-9-5-6-11(10-16)17(2)14(18)12-7-3-4-8-13(12)15/h3-4,7-8,11H,5-6,9-10H2,1-2H3. The molecule has 1 aliphatic heterocycles.